The van der Waals surface area contributed by atoms with Gasteiger partial charge in [0.2, 0.25) is 0 Å². The Labute approximate surface area is 131 Å². The monoisotopic (exact) mass is 324 g/mol. The van der Waals surface area contributed by atoms with E-state index in [-0.39, 0.29) is 53.5 Å². The summed E-state index contributed by atoms with van der Waals surface area (Å²) in [7, 11) is 0. The molecule has 0 heterocycles. The Morgan fingerprint density at radius 2 is 1.80 bits per heavy atom. The summed E-state index contributed by atoms with van der Waals surface area (Å²) in [6.45, 7) is 4.62. The first-order valence-electron chi connectivity index (χ1n) is 4.67. The van der Waals surface area contributed by atoms with Gasteiger partial charge in [-0.3, -0.25) is 0 Å². The first kappa shape index (κ1) is 15.7. The van der Waals surface area contributed by atoms with Crippen LogP contribution in [0.5, 0.6) is 0 Å². The van der Waals surface area contributed by atoms with Crippen molar-refractivity contribution in [3.8, 4) is 0 Å². The van der Waals surface area contributed by atoms with Crippen molar-refractivity contribution in [2.75, 3.05) is 0 Å². The van der Waals surface area contributed by atoms with Gasteiger partial charge in [0.1, 0.15) is 0 Å². The summed E-state index contributed by atoms with van der Waals surface area (Å²) in [5.74, 6) is 0. The second-order valence-corrected chi connectivity index (χ2v) is 3.58. The first-order valence-corrected chi connectivity index (χ1v) is 4.67. The topological polar surface area (TPSA) is 9.23 Å². The molecule has 0 bridgehead atoms. The van der Waals surface area contributed by atoms with Crippen molar-refractivity contribution in [3.05, 3.63) is 48.0 Å². The fourth-order valence-electron chi connectivity index (χ4n) is 1.49. The van der Waals surface area contributed by atoms with Gasteiger partial charge < -0.3 is 28.7 Å². The second kappa shape index (κ2) is 7.85. The number of ether oxygens (including phenoxy) is 1. The maximum Gasteiger partial charge on any atom is 1.00 e. The zero-order valence-corrected chi connectivity index (χ0v) is 13.2. The van der Waals surface area contributed by atoms with Crippen molar-refractivity contribution >= 4 is 0 Å². The summed E-state index contributed by atoms with van der Waals surface area (Å²) < 4.78 is 5.67. The van der Waals surface area contributed by atoms with Gasteiger partial charge in [0.05, 0.1) is 12.7 Å². The maximum absolute atomic E-state index is 5.67. The predicted molar refractivity (Wildman–Crippen MR) is 53.4 cm³/mol. The van der Waals surface area contributed by atoms with E-state index in [0.29, 0.717) is 6.10 Å². The Bertz CT molecular complexity index is 292. The van der Waals surface area contributed by atoms with E-state index in [1.807, 2.05) is 18.2 Å². The summed E-state index contributed by atoms with van der Waals surface area (Å²) >= 11 is 0. The minimum Gasteiger partial charge on any atom is -1.00 e. The molecule has 0 saturated heterocycles. The summed E-state index contributed by atoms with van der Waals surface area (Å²) in [5, 5.41) is 0. The Morgan fingerprint density at radius 1 is 1.20 bits per heavy atom. The van der Waals surface area contributed by atoms with Crippen LogP contribution in [0, 0.1) is 0 Å². The van der Waals surface area contributed by atoms with Gasteiger partial charge in [0, 0.05) is 0 Å². The molecule has 0 radical (unpaired) electrons. The molecule has 0 N–H and O–H groups in total. The molecule has 0 amide bonds. The van der Waals surface area contributed by atoms with Crippen LogP contribution in [0.4, 0.5) is 0 Å². The van der Waals surface area contributed by atoms with E-state index in [0.717, 1.165) is 19.4 Å². The molecule has 0 aromatic heterocycles. The third-order valence-electron chi connectivity index (χ3n) is 2.36. The maximum atomic E-state index is 5.67. The van der Waals surface area contributed by atoms with Gasteiger partial charge in [-0.2, -0.15) is 0 Å². The van der Waals surface area contributed by atoms with Crippen LogP contribution < -0.4 is 53.5 Å². The van der Waals surface area contributed by atoms with Gasteiger partial charge in [-0.25, -0.2) is 0 Å². The largest absolute Gasteiger partial charge is 1.00 e. The van der Waals surface area contributed by atoms with Crippen molar-refractivity contribution in [2.45, 2.75) is 25.6 Å². The first-order chi connectivity index (χ1) is 6.34. The molecule has 0 unspecified atom stereocenters. The van der Waals surface area contributed by atoms with E-state index in [2.05, 4.69) is 18.7 Å². The van der Waals surface area contributed by atoms with E-state index in [9.17, 15) is 0 Å². The molecule has 15 heavy (non-hydrogen) atoms. The molecule has 3 heteroatoms. The number of benzene rings is 1. The molecule has 76 valence electrons. The fourth-order valence-corrected chi connectivity index (χ4v) is 1.49. The van der Waals surface area contributed by atoms with Crippen molar-refractivity contribution in [2.24, 2.45) is 0 Å². The molecule has 1 aliphatic carbocycles. The minimum atomic E-state index is 0. The summed E-state index contributed by atoms with van der Waals surface area (Å²) in [6.07, 6.45) is 2.52. The van der Waals surface area contributed by atoms with Crippen LogP contribution in [0.2, 0.25) is 0 Å². The molecule has 1 aromatic carbocycles. The fraction of sp³-hybridized carbons (Fsp3) is 0.333. The van der Waals surface area contributed by atoms with Crippen LogP contribution in [0.1, 0.15) is 18.4 Å². The van der Waals surface area contributed by atoms with Crippen LogP contribution in [-0.4, -0.2) is 6.10 Å². The van der Waals surface area contributed by atoms with Crippen LogP contribution >= 0.6 is 0 Å². The molecule has 1 fully saturated rings. The molecule has 1 aromatic rings. The number of halogens is 1. The van der Waals surface area contributed by atoms with E-state index in [4.69, 9.17) is 4.74 Å². The molecular weight excluding hydrogens is 310 g/mol. The zero-order valence-electron chi connectivity index (χ0n) is 9.08. The molecule has 2 rings (SSSR count). The molecular formula is C12H14INaO. The Kier molecular flexibility index (Phi) is 8.19. The molecule has 1 nitrogen and oxygen atoms in total. The SMILES string of the molecule is C=C1CC(OCc2ccccc2)C1.[I-].[Na+]. The van der Waals surface area contributed by atoms with Crippen LogP contribution in [0.15, 0.2) is 42.5 Å². The molecule has 0 spiro atoms. The van der Waals surface area contributed by atoms with E-state index in [1.165, 1.54) is 11.1 Å². The second-order valence-electron chi connectivity index (χ2n) is 3.58. The van der Waals surface area contributed by atoms with E-state index < -0.39 is 0 Å². The van der Waals surface area contributed by atoms with Crippen molar-refractivity contribution in [1.82, 2.24) is 0 Å². The third kappa shape index (κ3) is 5.00. The predicted octanol–water partition coefficient (Wildman–Crippen LogP) is -3.07. The van der Waals surface area contributed by atoms with Crippen molar-refractivity contribution in [1.29, 1.82) is 0 Å². The van der Waals surface area contributed by atoms with E-state index >= 15 is 0 Å². The smallest absolute Gasteiger partial charge is 1.00 e. The van der Waals surface area contributed by atoms with E-state index in [1.54, 1.807) is 0 Å². The number of hydrogen-bond donors (Lipinski definition) is 0. The standard InChI is InChI=1S/C12H14O.HI.Na/c1-10-7-12(8-10)13-9-11-5-3-2-4-6-11;;/h2-6,12H,1,7-9H2;1H;/q;;+1/p-1. The molecule has 1 aliphatic rings. The summed E-state index contributed by atoms with van der Waals surface area (Å²) in [6, 6.07) is 10.3. The zero-order chi connectivity index (χ0) is 9.10. The van der Waals surface area contributed by atoms with Gasteiger partial charge in [-0.05, 0) is 18.4 Å². The normalized spacial score (nSPS) is 14.8. The summed E-state index contributed by atoms with van der Waals surface area (Å²) in [5.41, 5.74) is 2.57. The molecule has 1 saturated carbocycles. The average Bonchev–Trinajstić information content (AvgIpc) is 2.12. The van der Waals surface area contributed by atoms with Gasteiger partial charge in [-0.15, -0.1) is 0 Å². The quantitative estimate of drug-likeness (QED) is 0.326. The Morgan fingerprint density at radius 3 is 2.33 bits per heavy atom. The van der Waals surface area contributed by atoms with Crippen LogP contribution in [0.25, 0.3) is 0 Å². The third-order valence-corrected chi connectivity index (χ3v) is 2.36. The van der Waals surface area contributed by atoms with Crippen molar-refractivity contribution in [3.63, 3.8) is 0 Å². The molecule has 0 aliphatic heterocycles. The van der Waals surface area contributed by atoms with Crippen molar-refractivity contribution < 1.29 is 58.3 Å². The van der Waals surface area contributed by atoms with Gasteiger partial charge in [0.25, 0.3) is 0 Å². The van der Waals surface area contributed by atoms with Gasteiger partial charge in [0.15, 0.2) is 0 Å². The van der Waals surface area contributed by atoms with Gasteiger partial charge in [-0.1, -0.05) is 42.5 Å². The van der Waals surface area contributed by atoms with Crippen LogP contribution in [0.3, 0.4) is 0 Å². The number of hydrogen-bond acceptors (Lipinski definition) is 1. The Balaban J connectivity index is 0.000000980. The van der Waals surface area contributed by atoms with Gasteiger partial charge >= 0.3 is 29.6 Å². The minimum absolute atomic E-state index is 0. The number of rotatable bonds is 3. The molecule has 0 atom stereocenters. The van der Waals surface area contributed by atoms with Crippen LogP contribution in [-0.2, 0) is 11.3 Å². The Hall–Kier alpha value is 0.650. The summed E-state index contributed by atoms with van der Waals surface area (Å²) in [4.78, 5) is 0. The average molecular weight is 324 g/mol.